The molecule has 7 nitrogen and oxygen atoms in total. The van der Waals surface area contributed by atoms with E-state index in [9.17, 15) is 14.9 Å². The Morgan fingerprint density at radius 2 is 2.11 bits per heavy atom. The Balaban J connectivity index is 2.79. The number of nitrogens with one attached hydrogen (secondary N) is 1. The van der Waals surface area contributed by atoms with Crippen molar-refractivity contribution in [2.24, 2.45) is 11.1 Å². The van der Waals surface area contributed by atoms with Gasteiger partial charge in [-0.25, -0.2) is 0 Å². The first-order valence-corrected chi connectivity index (χ1v) is 5.32. The van der Waals surface area contributed by atoms with Crippen molar-refractivity contribution >= 4 is 23.0 Å². The summed E-state index contributed by atoms with van der Waals surface area (Å²) in [5.74, 6) is -0.426. The van der Waals surface area contributed by atoms with E-state index in [-0.39, 0.29) is 11.4 Å². The highest BCUT2D eigenvalue weighted by Crippen LogP contribution is 2.25. The maximum absolute atomic E-state index is 11.1. The smallest absolute Gasteiger partial charge is 0.292 e. The standard InChI is InChI=1S/C11H16N4O3/c1-11(2,10(13)16)6-14-7-3-4-9(15(17)18)8(12)5-7/h3-5,14H,6,12H2,1-2H3,(H2,13,16). The number of carbonyl (C=O) groups is 1. The molecule has 0 saturated heterocycles. The van der Waals surface area contributed by atoms with E-state index in [2.05, 4.69) is 5.32 Å². The number of nitrogens with two attached hydrogens (primary N) is 2. The van der Waals surface area contributed by atoms with Gasteiger partial charge in [0, 0.05) is 18.3 Å². The molecule has 0 radical (unpaired) electrons. The van der Waals surface area contributed by atoms with Crippen LogP contribution in [0, 0.1) is 15.5 Å². The van der Waals surface area contributed by atoms with Crippen LogP contribution < -0.4 is 16.8 Å². The van der Waals surface area contributed by atoms with Crippen LogP contribution in [0.25, 0.3) is 0 Å². The first kappa shape index (κ1) is 13.8. The molecule has 1 aromatic carbocycles. The summed E-state index contributed by atoms with van der Waals surface area (Å²) in [6.07, 6.45) is 0. The van der Waals surface area contributed by atoms with Crippen LogP contribution in [0.5, 0.6) is 0 Å². The minimum Gasteiger partial charge on any atom is -0.393 e. The van der Waals surface area contributed by atoms with E-state index in [0.717, 1.165) is 0 Å². The summed E-state index contributed by atoms with van der Waals surface area (Å²) in [5.41, 5.74) is 10.6. The molecule has 1 aromatic rings. The van der Waals surface area contributed by atoms with E-state index in [0.29, 0.717) is 12.2 Å². The van der Waals surface area contributed by atoms with Crippen LogP contribution in [0.3, 0.4) is 0 Å². The van der Waals surface area contributed by atoms with Gasteiger partial charge in [-0.2, -0.15) is 0 Å². The average Bonchev–Trinajstić information content (AvgIpc) is 2.25. The highest BCUT2D eigenvalue weighted by molar-refractivity contribution is 5.80. The van der Waals surface area contributed by atoms with E-state index in [4.69, 9.17) is 11.5 Å². The van der Waals surface area contributed by atoms with Crippen molar-refractivity contribution in [1.29, 1.82) is 0 Å². The monoisotopic (exact) mass is 252 g/mol. The molecule has 1 rings (SSSR count). The Morgan fingerprint density at radius 3 is 2.56 bits per heavy atom. The zero-order valence-corrected chi connectivity index (χ0v) is 10.3. The highest BCUT2D eigenvalue weighted by Gasteiger charge is 2.24. The third-order valence-corrected chi connectivity index (χ3v) is 2.63. The number of primary amides is 1. The largest absolute Gasteiger partial charge is 0.393 e. The summed E-state index contributed by atoms with van der Waals surface area (Å²) in [6.45, 7) is 3.73. The van der Waals surface area contributed by atoms with Crippen molar-refractivity contribution in [3.05, 3.63) is 28.3 Å². The van der Waals surface area contributed by atoms with Gasteiger partial charge in [0.2, 0.25) is 5.91 Å². The summed E-state index contributed by atoms with van der Waals surface area (Å²) in [5, 5.41) is 13.6. The Morgan fingerprint density at radius 1 is 1.50 bits per heavy atom. The number of nitrogen functional groups attached to an aromatic ring is 1. The second kappa shape index (κ2) is 4.91. The summed E-state index contributed by atoms with van der Waals surface area (Å²) >= 11 is 0. The predicted octanol–water partition coefficient (Wildman–Crippen LogP) is 1.10. The second-order valence-corrected chi connectivity index (χ2v) is 4.63. The third-order valence-electron chi connectivity index (χ3n) is 2.63. The molecular formula is C11H16N4O3. The number of hydrogen-bond donors (Lipinski definition) is 3. The van der Waals surface area contributed by atoms with Crippen LogP contribution in [-0.2, 0) is 4.79 Å². The van der Waals surface area contributed by atoms with Crippen molar-refractivity contribution in [2.45, 2.75) is 13.8 Å². The van der Waals surface area contributed by atoms with Crippen LogP contribution in [0.1, 0.15) is 13.8 Å². The summed E-state index contributed by atoms with van der Waals surface area (Å²) in [4.78, 5) is 21.2. The summed E-state index contributed by atoms with van der Waals surface area (Å²) in [6, 6.07) is 4.30. The van der Waals surface area contributed by atoms with Gasteiger partial charge in [0.15, 0.2) is 0 Å². The maximum Gasteiger partial charge on any atom is 0.292 e. The van der Waals surface area contributed by atoms with Gasteiger partial charge in [0.25, 0.3) is 5.69 Å². The van der Waals surface area contributed by atoms with Gasteiger partial charge in [-0.3, -0.25) is 14.9 Å². The van der Waals surface area contributed by atoms with Crippen molar-refractivity contribution in [3.63, 3.8) is 0 Å². The fourth-order valence-corrected chi connectivity index (χ4v) is 1.24. The van der Waals surface area contributed by atoms with E-state index in [1.807, 2.05) is 0 Å². The van der Waals surface area contributed by atoms with Gasteiger partial charge < -0.3 is 16.8 Å². The molecule has 0 aliphatic rings. The predicted molar refractivity (Wildman–Crippen MR) is 69.0 cm³/mol. The molecule has 0 aromatic heterocycles. The molecule has 98 valence electrons. The molecule has 18 heavy (non-hydrogen) atoms. The number of nitro groups is 1. The Labute approximate surface area is 104 Å². The zero-order valence-electron chi connectivity index (χ0n) is 10.3. The fourth-order valence-electron chi connectivity index (χ4n) is 1.24. The molecule has 0 aliphatic carbocycles. The Kier molecular flexibility index (Phi) is 3.75. The molecule has 0 fully saturated rings. The number of anilines is 2. The van der Waals surface area contributed by atoms with Crippen LogP contribution in [0.15, 0.2) is 18.2 Å². The lowest BCUT2D eigenvalue weighted by Gasteiger charge is -2.21. The van der Waals surface area contributed by atoms with E-state index in [1.165, 1.54) is 18.2 Å². The van der Waals surface area contributed by atoms with Crippen LogP contribution in [0.4, 0.5) is 17.1 Å². The third kappa shape index (κ3) is 3.09. The number of benzene rings is 1. The van der Waals surface area contributed by atoms with E-state index < -0.39 is 16.2 Å². The van der Waals surface area contributed by atoms with Crippen LogP contribution in [0.2, 0.25) is 0 Å². The molecule has 0 heterocycles. The molecule has 7 heteroatoms. The molecule has 0 atom stereocenters. The highest BCUT2D eigenvalue weighted by atomic mass is 16.6. The van der Waals surface area contributed by atoms with Gasteiger partial charge in [-0.1, -0.05) is 0 Å². The van der Waals surface area contributed by atoms with Crippen LogP contribution >= 0.6 is 0 Å². The molecule has 5 N–H and O–H groups in total. The number of nitro benzene ring substituents is 1. The average molecular weight is 252 g/mol. The molecular weight excluding hydrogens is 236 g/mol. The maximum atomic E-state index is 11.1. The molecule has 1 amide bonds. The Hall–Kier alpha value is -2.31. The lowest BCUT2D eigenvalue weighted by Crippen LogP contribution is -2.37. The topological polar surface area (TPSA) is 124 Å². The van der Waals surface area contributed by atoms with Gasteiger partial charge in [-0.15, -0.1) is 0 Å². The lowest BCUT2D eigenvalue weighted by atomic mass is 9.92. The number of amides is 1. The number of hydrogen-bond acceptors (Lipinski definition) is 5. The van der Waals surface area contributed by atoms with Crippen molar-refractivity contribution in [1.82, 2.24) is 0 Å². The second-order valence-electron chi connectivity index (χ2n) is 4.63. The zero-order chi connectivity index (χ0) is 13.9. The van der Waals surface area contributed by atoms with Crippen molar-refractivity contribution in [3.8, 4) is 0 Å². The minimum atomic E-state index is -0.712. The molecule has 0 unspecified atom stereocenters. The van der Waals surface area contributed by atoms with Gasteiger partial charge in [-0.05, 0) is 26.0 Å². The van der Waals surface area contributed by atoms with Gasteiger partial charge in [0.05, 0.1) is 10.3 Å². The SMILES string of the molecule is CC(C)(CNc1ccc([N+](=O)[O-])c(N)c1)C(N)=O. The first-order chi connectivity index (χ1) is 8.24. The number of carbonyl (C=O) groups excluding carboxylic acids is 1. The number of nitrogens with zero attached hydrogens (tertiary/aromatic N) is 1. The molecule has 0 saturated carbocycles. The van der Waals surface area contributed by atoms with Crippen molar-refractivity contribution in [2.75, 3.05) is 17.6 Å². The summed E-state index contributed by atoms with van der Waals surface area (Å²) < 4.78 is 0. The molecule has 0 aliphatic heterocycles. The molecule has 0 spiro atoms. The van der Waals surface area contributed by atoms with Gasteiger partial charge >= 0.3 is 0 Å². The quantitative estimate of drug-likeness (QED) is 0.411. The molecule has 0 bridgehead atoms. The van der Waals surface area contributed by atoms with E-state index in [1.54, 1.807) is 13.8 Å². The van der Waals surface area contributed by atoms with Crippen LogP contribution in [-0.4, -0.2) is 17.4 Å². The number of rotatable bonds is 5. The van der Waals surface area contributed by atoms with Gasteiger partial charge in [0.1, 0.15) is 5.69 Å². The summed E-state index contributed by atoms with van der Waals surface area (Å²) in [7, 11) is 0. The van der Waals surface area contributed by atoms with Crippen molar-refractivity contribution < 1.29 is 9.72 Å². The van der Waals surface area contributed by atoms with E-state index >= 15 is 0 Å². The fraction of sp³-hybridized carbons (Fsp3) is 0.364. The minimum absolute atomic E-state index is 0.0712. The Bertz CT molecular complexity index is 485. The normalized spacial score (nSPS) is 11.0. The first-order valence-electron chi connectivity index (χ1n) is 5.32. The lowest BCUT2D eigenvalue weighted by molar-refractivity contribution is -0.383.